The van der Waals surface area contributed by atoms with E-state index < -0.39 is 16.1 Å². The van der Waals surface area contributed by atoms with Crippen molar-refractivity contribution in [3.05, 3.63) is 52.4 Å². The normalized spacial score (nSPS) is 12.7. The van der Waals surface area contributed by atoms with Crippen LogP contribution in [0.25, 0.3) is 0 Å². The van der Waals surface area contributed by atoms with E-state index in [1.807, 2.05) is 18.4 Å². The number of thiophene rings is 1. The molecule has 2 rings (SSSR count). The van der Waals surface area contributed by atoms with Gasteiger partial charge in [0.1, 0.15) is 10.3 Å². The molecule has 0 aliphatic rings. The first-order valence-electron chi connectivity index (χ1n) is 7.49. The smallest absolute Gasteiger partial charge is 0.250 e. The molecule has 1 atom stereocenters. The molecule has 1 amide bonds. The van der Waals surface area contributed by atoms with Gasteiger partial charge >= 0.3 is 0 Å². The van der Waals surface area contributed by atoms with Crippen molar-refractivity contribution in [3.63, 3.8) is 0 Å². The van der Waals surface area contributed by atoms with E-state index in [9.17, 15) is 13.2 Å². The Morgan fingerprint density at radius 2 is 2.00 bits per heavy atom. The maximum absolute atomic E-state index is 12.5. The van der Waals surface area contributed by atoms with Crippen LogP contribution in [-0.2, 0) is 21.4 Å². The van der Waals surface area contributed by atoms with Crippen LogP contribution in [-0.4, -0.2) is 32.4 Å². The summed E-state index contributed by atoms with van der Waals surface area (Å²) in [6.07, 6.45) is 2.33. The first kappa shape index (κ1) is 20.3. The Hall–Kier alpha value is -1.06. The van der Waals surface area contributed by atoms with Crippen molar-refractivity contribution in [2.45, 2.75) is 23.2 Å². The number of halogens is 1. The average Bonchev–Trinajstić information content (AvgIpc) is 3.13. The molecule has 2 aromatic rings. The van der Waals surface area contributed by atoms with E-state index in [-0.39, 0.29) is 10.1 Å². The van der Waals surface area contributed by atoms with Gasteiger partial charge in [0.2, 0.25) is 5.91 Å². The zero-order valence-electron chi connectivity index (χ0n) is 13.6. The number of carbonyl (C=O) groups is 1. The molecule has 1 aromatic carbocycles. The zero-order valence-corrected chi connectivity index (χ0v) is 16.8. The predicted octanol–water partition coefficient (Wildman–Crippen LogP) is 3.12. The molecular formula is C16H19ClN2O3S3. The van der Waals surface area contributed by atoms with Gasteiger partial charge in [0.25, 0.3) is 10.0 Å². The summed E-state index contributed by atoms with van der Waals surface area (Å²) in [4.78, 5) is 12.5. The molecule has 0 radical (unpaired) electrons. The molecule has 2 N–H and O–H groups in total. The molecular weight excluding hydrogens is 400 g/mol. The maximum Gasteiger partial charge on any atom is 0.250 e. The van der Waals surface area contributed by atoms with Crippen LogP contribution in [0.1, 0.15) is 12.0 Å². The minimum Gasteiger partial charge on any atom is -0.351 e. The Morgan fingerprint density at radius 3 is 2.60 bits per heavy atom. The fourth-order valence-corrected chi connectivity index (χ4v) is 4.89. The summed E-state index contributed by atoms with van der Waals surface area (Å²) in [5, 5.41) is 5.09. The average molecular weight is 419 g/mol. The number of thioether (sulfide) groups is 1. The molecule has 0 aliphatic heterocycles. The lowest BCUT2D eigenvalue weighted by Gasteiger charge is -2.18. The monoisotopic (exact) mass is 418 g/mol. The molecule has 9 heteroatoms. The number of hydrogen-bond acceptors (Lipinski definition) is 5. The molecule has 0 aliphatic carbocycles. The minimum atomic E-state index is -3.70. The second-order valence-corrected chi connectivity index (χ2v) is 9.54. The standard InChI is InChI=1S/C16H19ClN2O3S3/c1-23-10-8-14(19-25(21,22)15-3-2-9-24-15)16(20)18-11-12-4-6-13(17)7-5-12/h2-7,9,14,19H,8,10-11H2,1H3,(H,18,20)/t14-/m1/s1. The van der Waals surface area contributed by atoms with Crippen LogP contribution < -0.4 is 10.0 Å². The van der Waals surface area contributed by atoms with E-state index in [1.165, 1.54) is 6.07 Å². The third kappa shape index (κ3) is 6.31. The molecule has 5 nitrogen and oxygen atoms in total. The van der Waals surface area contributed by atoms with Crippen molar-refractivity contribution in [1.82, 2.24) is 10.0 Å². The van der Waals surface area contributed by atoms with Gasteiger partial charge in [-0.3, -0.25) is 4.79 Å². The van der Waals surface area contributed by atoms with Crippen LogP contribution in [0.15, 0.2) is 46.0 Å². The number of rotatable bonds is 9. The van der Waals surface area contributed by atoms with Crippen LogP contribution in [0.3, 0.4) is 0 Å². The molecule has 0 unspecified atom stereocenters. The molecule has 0 saturated heterocycles. The highest BCUT2D eigenvalue weighted by atomic mass is 35.5. The molecule has 136 valence electrons. The van der Waals surface area contributed by atoms with Gasteiger partial charge in [-0.25, -0.2) is 8.42 Å². The van der Waals surface area contributed by atoms with Gasteiger partial charge < -0.3 is 5.32 Å². The van der Waals surface area contributed by atoms with E-state index >= 15 is 0 Å². The maximum atomic E-state index is 12.5. The summed E-state index contributed by atoms with van der Waals surface area (Å²) < 4.78 is 27.5. The summed E-state index contributed by atoms with van der Waals surface area (Å²) in [6, 6.07) is 9.49. The van der Waals surface area contributed by atoms with Gasteiger partial charge in [0.15, 0.2) is 0 Å². The minimum absolute atomic E-state index is 0.201. The molecule has 0 saturated carbocycles. The zero-order chi connectivity index (χ0) is 18.3. The second kappa shape index (κ2) is 9.59. The third-order valence-electron chi connectivity index (χ3n) is 3.36. The number of benzene rings is 1. The van der Waals surface area contributed by atoms with E-state index in [4.69, 9.17) is 11.6 Å². The third-order valence-corrected chi connectivity index (χ3v) is 7.13. The van der Waals surface area contributed by atoms with Crippen LogP contribution in [0, 0.1) is 0 Å². The first-order valence-corrected chi connectivity index (χ1v) is 11.6. The number of carbonyl (C=O) groups excluding carboxylic acids is 1. The van der Waals surface area contributed by atoms with Crippen molar-refractivity contribution >= 4 is 50.6 Å². The van der Waals surface area contributed by atoms with E-state index in [0.717, 1.165) is 16.9 Å². The number of amides is 1. The molecule has 0 spiro atoms. The van der Waals surface area contributed by atoms with Crippen LogP contribution >= 0.6 is 34.7 Å². The first-order chi connectivity index (χ1) is 11.9. The van der Waals surface area contributed by atoms with Crippen LogP contribution in [0.2, 0.25) is 5.02 Å². The Labute approximate surface area is 161 Å². The highest BCUT2D eigenvalue weighted by Gasteiger charge is 2.25. The van der Waals surface area contributed by atoms with E-state index in [2.05, 4.69) is 10.0 Å². The topological polar surface area (TPSA) is 75.3 Å². The SMILES string of the molecule is CSCC[C@@H](NS(=O)(=O)c1cccs1)C(=O)NCc1ccc(Cl)cc1. The number of nitrogens with one attached hydrogen (secondary N) is 2. The van der Waals surface area contributed by atoms with Crippen molar-refractivity contribution < 1.29 is 13.2 Å². The Balaban J connectivity index is 2.02. The van der Waals surface area contributed by atoms with Crippen molar-refractivity contribution in [2.24, 2.45) is 0 Å². The quantitative estimate of drug-likeness (QED) is 0.656. The summed E-state index contributed by atoms with van der Waals surface area (Å²) in [6.45, 7) is 0.312. The number of sulfonamides is 1. The van der Waals surface area contributed by atoms with Gasteiger partial charge in [-0.1, -0.05) is 29.8 Å². The van der Waals surface area contributed by atoms with Crippen molar-refractivity contribution in [2.75, 3.05) is 12.0 Å². The second-order valence-electron chi connectivity index (χ2n) is 5.23. The fourth-order valence-electron chi connectivity index (χ4n) is 2.06. The molecule has 1 aromatic heterocycles. The summed E-state index contributed by atoms with van der Waals surface area (Å²) in [5.41, 5.74) is 0.891. The fraction of sp³-hybridized carbons (Fsp3) is 0.312. The lowest BCUT2D eigenvalue weighted by molar-refractivity contribution is -0.122. The van der Waals surface area contributed by atoms with E-state index in [1.54, 1.807) is 35.3 Å². The molecule has 0 fully saturated rings. The van der Waals surface area contributed by atoms with Crippen molar-refractivity contribution in [3.8, 4) is 0 Å². The van der Waals surface area contributed by atoms with Gasteiger partial charge in [0, 0.05) is 11.6 Å². The summed E-state index contributed by atoms with van der Waals surface area (Å²) in [7, 11) is -3.70. The molecule has 1 heterocycles. The van der Waals surface area contributed by atoms with Crippen molar-refractivity contribution in [1.29, 1.82) is 0 Å². The van der Waals surface area contributed by atoms with Gasteiger partial charge in [-0.05, 0) is 47.6 Å². The van der Waals surface area contributed by atoms with Gasteiger partial charge in [0.05, 0.1) is 0 Å². The Kier molecular flexibility index (Phi) is 7.77. The highest BCUT2D eigenvalue weighted by Crippen LogP contribution is 2.17. The van der Waals surface area contributed by atoms with Gasteiger partial charge in [-0.15, -0.1) is 11.3 Å². The Morgan fingerprint density at radius 1 is 1.28 bits per heavy atom. The predicted molar refractivity (Wildman–Crippen MR) is 105 cm³/mol. The highest BCUT2D eigenvalue weighted by molar-refractivity contribution is 7.98. The molecule has 25 heavy (non-hydrogen) atoms. The largest absolute Gasteiger partial charge is 0.351 e. The van der Waals surface area contributed by atoms with Gasteiger partial charge in [-0.2, -0.15) is 16.5 Å². The molecule has 0 bridgehead atoms. The number of hydrogen-bond donors (Lipinski definition) is 2. The Bertz CT molecular complexity index is 777. The summed E-state index contributed by atoms with van der Waals surface area (Å²) >= 11 is 8.52. The lowest BCUT2D eigenvalue weighted by Crippen LogP contribution is -2.46. The summed E-state index contributed by atoms with van der Waals surface area (Å²) in [5.74, 6) is 0.329. The van der Waals surface area contributed by atoms with Crippen LogP contribution in [0.4, 0.5) is 0 Å². The van der Waals surface area contributed by atoms with Crippen LogP contribution in [0.5, 0.6) is 0 Å². The lowest BCUT2D eigenvalue weighted by atomic mass is 10.2. The van der Waals surface area contributed by atoms with E-state index in [0.29, 0.717) is 23.7 Å².